The van der Waals surface area contributed by atoms with Gasteiger partial charge in [0.15, 0.2) is 0 Å². The summed E-state index contributed by atoms with van der Waals surface area (Å²) in [5, 5.41) is 8.69. The molecule has 1 aromatic carbocycles. The van der Waals surface area contributed by atoms with E-state index in [0.29, 0.717) is 11.0 Å². The highest BCUT2D eigenvalue weighted by Gasteiger charge is 2.21. The molecule has 0 bridgehead atoms. The summed E-state index contributed by atoms with van der Waals surface area (Å²) in [4.78, 5) is 26.5. The van der Waals surface area contributed by atoms with Crippen molar-refractivity contribution in [3.63, 3.8) is 0 Å². The number of H-pyrrole nitrogens is 2. The number of carboxylic acid groups (broad SMARTS) is 1. The van der Waals surface area contributed by atoms with Crippen molar-refractivity contribution in [1.82, 2.24) is 14.7 Å². The predicted octanol–water partition coefficient (Wildman–Crippen LogP) is -0.392. The van der Waals surface area contributed by atoms with Crippen LogP contribution in [-0.2, 0) is 14.8 Å². The third-order valence-electron chi connectivity index (χ3n) is 2.50. The largest absolute Gasteiger partial charge is 0.480 e. The van der Waals surface area contributed by atoms with Gasteiger partial charge in [0.2, 0.25) is 10.0 Å². The zero-order chi connectivity index (χ0) is 14.2. The van der Waals surface area contributed by atoms with Crippen LogP contribution in [0.15, 0.2) is 27.9 Å². The Kier molecular flexibility index (Phi) is 3.16. The van der Waals surface area contributed by atoms with Gasteiger partial charge in [-0.25, -0.2) is 13.2 Å². The lowest BCUT2D eigenvalue weighted by Crippen LogP contribution is -2.38. The van der Waals surface area contributed by atoms with Gasteiger partial charge in [-0.3, -0.25) is 4.79 Å². The van der Waals surface area contributed by atoms with E-state index in [4.69, 9.17) is 5.11 Å². The summed E-state index contributed by atoms with van der Waals surface area (Å²) in [5.74, 6) is -1.28. The highest BCUT2D eigenvalue weighted by atomic mass is 32.2. The highest BCUT2D eigenvalue weighted by Crippen LogP contribution is 2.15. The smallest absolute Gasteiger partial charge is 0.323 e. The van der Waals surface area contributed by atoms with Gasteiger partial charge in [0.25, 0.3) is 0 Å². The quantitative estimate of drug-likeness (QED) is 0.607. The number of aliphatic carboxylic acids is 1. The first-order chi connectivity index (χ1) is 8.79. The monoisotopic (exact) mass is 285 g/mol. The molecule has 8 nitrogen and oxygen atoms in total. The van der Waals surface area contributed by atoms with E-state index in [1.54, 1.807) is 0 Å². The number of sulfonamides is 1. The number of carboxylic acids is 1. The van der Waals surface area contributed by atoms with Crippen molar-refractivity contribution in [3.8, 4) is 0 Å². The van der Waals surface area contributed by atoms with Crippen molar-refractivity contribution >= 4 is 27.0 Å². The maximum atomic E-state index is 11.9. The van der Waals surface area contributed by atoms with Crippen LogP contribution in [0, 0.1) is 0 Å². The Labute approximate surface area is 107 Å². The summed E-state index contributed by atoms with van der Waals surface area (Å²) in [6, 6.07) is 2.71. The van der Waals surface area contributed by atoms with Gasteiger partial charge in [0.05, 0.1) is 15.9 Å². The molecule has 9 heteroatoms. The molecule has 0 saturated carbocycles. The second-order valence-electron chi connectivity index (χ2n) is 3.97. The summed E-state index contributed by atoms with van der Waals surface area (Å²) in [6.45, 7) is 1.22. The Morgan fingerprint density at radius 3 is 2.58 bits per heavy atom. The number of hydrogen-bond acceptors (Lipinski definition) is 4. The van der Waals surface area contributed by atoms with Gasteiger partial charge in [0.1, 0.15) is 6.04 Å². The molecule has 2 aromatic rings. The minimum Gasteiger partial charge on any atom is -0.480 e. The summed E-state index contributed by atoms with van der Waals surface area (Å²) in [5.41, 5.74) is 0.350. The average Bonchev–Trinajstić information content (AvgIpc) is 2.67. The van der Waals surface area contributed by atoms with Gasteiger partial charge in [-0.15, -0.1) is 0 Å². The SMILES string of the molecule is C[C@@H](NS(=O)(=O)c1ccc2[nH]c(=O)[nH]c2c1)C(=O)O. The molecular weight excluding hydrogens is 274 g/mol. The summed E-state index contributed by atoms with van der Waals surface area (Å²) >= 11 is 0. The van der Waals surface area contributed by atoms with E-state index < -0.39 is 27.7 Å². The van der Waals surface area contributed by atoms with Gasteiger partial charge in [-0.1, -0.05) is 0 Å². The normalized spacial score (nSPS) is 13.5. The number of aromatic amines is 2. The number of fused-ring (bicyclic) bond motifs is 1. The number of benzene rings is 1. The van der Waals surface area contributed by atoms with Gasteiger partial charge >= 0.3 is 11.7 Å². The summed E-state index contributed by atoms with van der Waals surface area (Å²) in [7, 11) is -3.95. The lowest BCUT2D eigenvalue weighted by Gasteiger charge is -2.10. The zero-order valence-corrected chi connectivity index (χ0v) is 10.6. The van der Waals surface area contributed by atoms with Crippen LogP contribution < -0.4 is 10.4 Å². The molecule has 0 fully saturated rings. The van der Waals surface area contributed by atoms with Gasteiger partial charge in [-0.2, -0.15) is 4.72 Å². The second kappa shape index (κ2) is 4.52. The van der Waals surface area contributed by atoms with Crippen LogP contribution in [0.3, 0.4) is 0 Å². The summed E-state index contributed by atoms with van der Waals surface area (Å²) < 4.78 is 25.9. The fourth-order valence-corrected chi connectivity index (χ4v) is 2.75. The number of hydrogen-bond donors (Lipinski definition) is 4. The van der Waals surface area contributed by atoms with E-state index in [9.17, 15) is 18.0 Å². The fourth-order valence-electron chi connectivity index (χ4n) is 1.53. The van der Waals surface area contributed by atoms with E-state index in [0.717, 1.165) is 0 Å². The molecule has 0 unspecified atom stereocenters. The molecule has 0 amide bonds. The Morgan fingerprint density at radius 1 is 1.32 bits per heavy atom. The average molecular weight is 285 g/mol. The van der Waals surface area contributed by atoms with Crippen molar-refractivity contribution in [2.75, 3.05) is 0 Å². The van der Waals surface area contributed by atoms with Crippen LogP contribution in [0.2, 0.25) is 0 Å². The van der Waals surface area contributed by atoms with E-state index in [1.807, 2.05) is 4.72 Å². The van der Waals surface area contributed by atoms with Crippen LogP contribution in [0.25, 0.3) is 11.0 Å². The lowest BCUT2D eigenvalue weighted by atomic mass is 10.3. The van der Waals surface area contributed by atoms with Crippen molar-refractivity contribution in [2.24, 2.45) is 0 Å². The molecule has 0 spiro atoms. The van der Waals surface area contributed by atoms with Crippen LogP contribution in [0.4, 0.5) is 0 Å². The molecule has 4 N–H and O–H groups in total. The lowest BCUT2D eigenvalue weighted by molar-refractivity contribution is -0.138. The molecule has 0 aliphatic heterocycles. The molecule has 0 aliphatic carbocycles. The van der Waals surface area contributed by atoms with Crippen LogP contribution >= 0.6 is 0 Å². The molecule has 1 atom stereocenters. The Bertz CT molecular complexity index is 789. The number of aromatic nitrogens is 2. The van der Waals surface area contributed by atoms with E-state index in [-0.39, 0.29) is 4.90 Å². The number of rotatable bonds is 4. The van der Waals surface area contributed by atoms with Crippen molar-refractivity contribution in [1.29, 1.82) is 0 Å². The Hall–Kier alpha value is -2.13. The van der Waals surface area contributed by atoms with E-state index in [1.165, 1.54) is 25.1 Å². The maximum absolute atomic E-state index is 11.9. The minimum absolute atomic E-state index is 0.122. The Balaban J connectivity index is 2.42. The molecule has 2 rings (SSSR count). The van der Waals surface area contributed by atoms with Crippen molar-refractivity contribution in [2.45, 2.75) is 17.9 Å². The molecule has 1 heterocycles. The topological polar surface area (TPSA) is 132 Å². The standard InChI is InChI=1S/C10H11N3O5S/c1-5(9(14)15)13-19(17,18)6-2-3-7-8(4-6)12-10(16)11-7/h2-5,13H,1H3,(H,14,15)(H2,11,12,16)/t5-/m1/s1. The van der Waals surface area contributed by atoms with Gasteiger partial charge in [0, 0.05) is 0 Å². The summed E-state index contributed by atoms with van der Waals surface area (Å²) in [6.07, 6.45) is 0. The van der Waals surface area contributed by atoms with Crippen LogP contribution in [0.5, 0.6) is 0 Å². The Morgan fingerprint density at radius 2 is 1.95 bits per heavy atom. The third-order valence-corrected chi connectivity index (χ3v) is 4.04. The number of imidazole rings is 1. The van der Waals surface area contributed by atoms with Crippen LogP contribution in [-0.4, -0.2) is 35.5 Å². The van der Waals surface area contributed by atoms with E-state index >= 15 is 0 Å². The molecular formula is C10H11N3O5S. The molecule has 0 aliphatic rings. The predicted molar refractivity (Wildman–Crippen MR) is 66.3 cm³/mol. The maximum Gasteiger partial charge on any atom is 0.323 e. The van der Waals surface area contributed by atoms with Crippen molar-refractivity contribution in [3.05, 3.63) is 28.7 Å². The number of carbonyl (C=O) groups is 1. The third kappa shape index (κ3) is 2.66. The first kappa shape index (κ1) is 13.3. The van der Waals surface area contributed by atoms with Crippen molar-refractivity contribution < 1.29 is 18.3 Å². The first-order valence-corrected chi connectivity index (χ1v) is 6.75. The van der Waals surface area contributed by atoms with E-state index in [2.05, 4.69) is 9.97 Å². The van der Waals surface area contributed by atoms with Gasteiger partial charge in [-0.05, 0) is 25.1 Å². The van der Waals surface area contributed by atoms with Crippen LogP contribution in [0.1, 0.15) is 6.92 Å². The first-order valence-electron chi connectivity index (χ1n) is 5.27. The zero-order valence-electron chi connectivity index (χ0n) is 9.80. The molecule has 19 heavy (non-hydrogen) atoms. The van der Waals surface area contributed by atoms with Gasteiger partial charge < -0.3 is 15.1 Å². The minimum atomic E-state index is -3.95. The fraction of sp³-hybridized carbons (Fsp3) is 0.200. The molecule has 1 aromatic heterocycles. The highest BCUT2D eigenvalue weighted by molar-refractivity contribution is 7.89. The number of nitrogens with one attached hydrogen (secondary N) is 3. The molecule has 0 saturated heterocycles. The molecule has 102 valence electrons. The second-order valence-corrected chi connectivity index (χ2v) is 5.68. The molecule has 0 radical (unpaired) electrons.